The van der Waals surface area contributed by atoms with Crippen LogP contribution < -0.4 is 11.5 Å². The van der Waals surface area contributed by atoms with Gasteiger partial charge in [0.15, 0.2) is 0 Å². The standard InChI is InChI=1S/C14H20N4OS/c15-12(19)8-10-3-6-18(7-4-10)9-11-2-1-5-17-13(11)14(16)20/h1-2,5,10H,3-4,6-9H2,(H2,15,19)(H2,16,20). The van der Waals surface area contributed by atoms with E-state index in [0.717, 1.165) is 38.0 Å². The second-order valence-electron chi connectivity index (χ2n) is 5.27. The van der Waals surface area contributed by atoms with Crippen LogP contribution in [-0.2, 0) is 11.3 Å². The number of likely N-dealkylation sites (tertiary alicyclic amines) is 1. The highest BCUT2D eigenvalue weighted by Gasteiger charge is 2.21. The molecule has 1 fully saturated rings. The average Bonchev–Trinajstić information content (AvgIpc) is 2.41. The van der Waals surface area contributed by atoms with Gasteiger partial charge in [0.1, 0.15) is 10.7 Å². The van der Waals surface area contributed by atoms with Crippen LogP contribution in [0.2, 0.25) is 0 Å². The molecule has 0 unspecified atom stereocenters. The van der Waals surface area contributed by atoms with Gasteiger partial charge in [-0.3, -0.25) is 14.7 Å². The maximum absolute atomic E-state index is 10.9. The molecule has 0 spiro atoms. The zero-order valence-electron chi connectivity index (χ0n) is 11.4. The number of thiocarbonyl (C=S) groups is 1. The summed E-state index contributed by atoms with van der Waals surface area (Å²) in [5.41, 5.74) is 12.7. The highest BCUT2D eigenvalue weighted by atomic mass is 32.1. The van der Waals surface area contributed by atoms with E-state index in [1.807, 2.05) is 12.1 Å². The summed E-state index contributed by atoms with van der Waals surface area (Å²) >= 11 is 5.03. The Balaban J connectivity index is 1.93. The van der Waals surface area contributed by atoms with Crippen molar-refractivity contribution in [3.63, 3.8) is 0 Å². The van der Waals surface area contributed by atoms with Gasteiger partial charge >= 0.3 is 0 Å². The number of hydrogen-bond acceptors (Lipinski definition) is 4. The van der Waals surface area contributed by atoms with E-state index in [0.29, 0.717) is 23.0 Å². The highest BCUT2D eigenvalue weighted by molar-refractivity contribution is 7.80. The molecule has 1 aliphatic heterocycles. The summed E-state index contributed by atoms with van der Waals surface area (Å²) in [5, 5.41) is 0. The molecule has 0 bridgehead atoms. The lowest BCUT2D eigenvalue weighted by molar-refractivity contribution is -0.119. The number of rotatable bonds is 5. The lowest BCUT2D eigenvalue weighted by Gasteiger charge is -2.31. The van der Waals surface area contributed by atoms with Crippen molar-refractivity contribution in [1.29, 1.82) is 0 Å². The molecule has 108 valence electrons. The van der Waals surface area contributed by atoms with E-state index in [1.165, 1.54) is 0 Å². The van der Waals surface area contributed by atoms with E-state index >= 15 is 0 Å². The lowest BCUT2D eigenvalue weighted by Crippen LogP contribution is -2.35. The topological polar surface area (TPSA) is 85.2 Å². The van der Waals surface area contributed by atoms with Crippen LogP contribution in [0.15, 0.2) is 18.3 Å². The van der Waals surface area contributed by atoms with E-state index in [2.05, 4.69) is 9.88 Å². The summed E-state index contributed by atoms with van der Waals surface area (Å²) < 4.78 is 0. The Labute approximate surface area is 124 Å². The van der Waals surface area contributed by atoms with Crippen LogP contribution in [0.5, 0.6) is 0 Å². The average molecular weight is 292 g/mol. The van der Waals surface area contributed by atoms with Gasteiger partial charge in [-0.05, 0) is 43.5 Å². The number of carbonyl (C=O) groups is 1. The van der Waals surface area contributed by atoms with Crippen LogP contribution in [-0.4, -0.2) is 33.9 Å². The largest absolute Gasteiger partial charge is 0.388 e. The van der Waals surface area contributed by atoms with Crippen LogP contribution >= 0.6 is 12.2 Å². The molecule has 0 aromatic carbocycles. The summed E-state index contributed by atoms with van der Waals surface area (Å²) in [6.45, 7) is 2.72. The molecule has 4 N–H and O–H groups in total. The van der Waals surface area contributed by atoms with Gasteiger partial charge in [-0.25, -0.2) is 0 Å². The fraction of sp³-hybridized carbons (Fsp3) is 0.500. The molecule has 2 heterocycles. The number of primary amides is 1. The molecule has 5 nitrogen and oxygen atoms in total. The fourth-order valence-electron chi connectivity index (χ4n) is 2.66. The Bertz CT molecular complexity index is 498. The second-order valence-corrected chi connectivity index (χ2v) is 5.71. The molecule has 1 aromatic heterocycles. The maximum Gasteiger partial charge on any atom is 0.217 e. The molecule has 20 heavy (non-hydrogen) atoms. The van der Waals surface area contributed by atoms with Gasteiger partial charge in [-0.15, -0.1) is 0 Å². The van der Waals surface area contributed by atoms with Crippen molar-refractivity contribution in [1.82, 2.24) is 9.88 Å². The number of nitrogens with zero attached hydrogens (tertiary/aromatic N) is 2. The number of piperidine rings is 1. The van der Waals surface area contributed by atoms with Crippen molar-refractivity contribution in [2.75, 3.05) is 13.1 Å². The minimum Gasteiger partial charge on any atom is -0.388 e. The number of nitrogens with two attached hydrogens (primary N) is 2. The monoisotopic (exact) mass is 292 g/mol. The Morgan fingerprint density at radius 1 is 1.40 bits per heavy atom. The van der Waals surface area contributed by atoms with Gasteiger partial charge in [0.05, 0.1) is 0 Å². The first-order valence-corrected chi connectivity index (χ1v) is 7.21. The Hall–Kier alpha value is -1.53. The Morgan fingerprint density at radius 3 is 2.70 bits per heavy atom. The van der Waals surface area contributed by atoms with E-state index < -0.39 is 0 Å². The minimum atomic E-state index is -0.202. The highest BCUT2D eigenvalue weighted by Crippen LogP contribution is 2.22. The molecule has 2 rings (SSSR count). The van der Waals surface area contributed by atoms with Gasteiger partial charge < -0.3 is 11.5 Å². The predicted octanol–water partition coefficient (Wildman–Crippen LogP) is 0.803. The van der Waals surface area contributed by atoms with Gasteiger partial charge in [-0.1, -0.05) is 18.3 Å². The predicted molar refractivity (Wildman–Crippen MR) is 81.9 cm³/mol. The molecule has 1 amide bonds. The first kappa shape index (κ1) is 14.9. The van der Waals surface area contributed by atoms with E-state index in [1.54, 1.807) is 6.20 Å². The van der Waals surface area contributed by atoms with Crippen molar-refractivity contribution in [3.8, 4) is 0 Å². The first-order chi connectivity index (χ1) is 9.56. The third kappa shape index (κ3) is 3.98. The minimum absolute atomic E-state index is 0.202. The summed E-state index contributed by atoms with van der Waals surface area (Å²) in [5.74, 6) is 0.221. The smallest absolute Gasteiger partial charge is 0.217 e. The Morgan fingerprint density at radius 2 is 2.10 bits per heavy atom. The maximum atomic E-state index is 10.9. The summed E-state index contributed by atoms with van der Waals surface area (Å²) in [6.07, 6.45) is 4.22. The molecular weight excluding hydrogens is 272 g/mol. The molecule has 0 radical (unpaired) electrons. The molecule has 0 atom stereocenters. The van der Waals surface area contributed by atoms with Gasteiger partial charge in [0, 0.05) is 19.2 Å². The number of carbonyl (C=O) groups excluding carboxylic acids is 1. The lowest BCUT2D eigenvalue weighted by atomic mass is 9.93. The van der Waals surface area contributed by atoms with Crippen molar-refractivity contribution in [2.45, 2.75) is 25.8 Å². The summed E-state index contributed by atoms with van der Waals surface area (Å²) in [4.78, 5) is 17.9. The molecule has 1 aliphatic rings. The number of pyridine rings is 1. The van der Waals surface area contributed by atoms with Crippen molar-refractivity contribution < 1.29 is 4.79 Å². The number of hydrogen-bond donors (Lipinski definition) is 2. The van der Waals surface area contributed by atoms with Crippen LogP contribution in [0, 0.1) is 5.92 Å². The van der Waals surface area contributed by atoms with Crippen LogP contribution in [0.1, 0.15) is 30.5 Å². The fourth-order valence-corrected chi connectivity index (χ4v) is 2.85. The molecule has 1 saturated heterocycles. The third-order valence-corrected chi connectivity index (χ3v) is 3.91. The summed E-state index contributed by atoms with van der Waals surface area (Å²) in [6, 6.07) is 3.91. The zero-order valence-corrected chi connectivity index (χ0v) is 12.2. The normalized spacial score (nSPS) is 17.0. The van der Waals surface area contributed by atoms with Gasteiger partial charge in [0.25, 0.3) is 0 Å². The van der Waals surface area contributed by atoms with Crippen LogP contribution in [0.3, 0.4) is 0 Å². The quantitative estimate of drug-likeness (QED) is 0.784. The van der Waals surface area contributed by atoms with Crippen LogP contribution in [0.25, 0.3) is 0 Å². The second kappa shape index (κ2) is 6.76. The van der Waals surface area contributed by atoms with E-state index in [-0.39, 0.29) is 5.91 Å². The number of aromatic nitrogens is 1. The van der Waals surface area contributed by atoms with Crippen LogP contribution in [0.4, 0.5) is 0 Å². The summed E-state index contributed by atoms with van der Waals surface area (Å²) in [7, 11) is 0. The molecule has 6 heteroatoms. The van der Waals surface area contributed by atoms with Gasteiger partial charge in [0.2, 0.25) is 5.91 Å². The Kier molecular flexibility index (Phi) is 5.03. The number of amides is 1. The zero-order chi connectivity index (χ0) is 14.5. The third-order valence-electron chi connectivity index (χ3n) is 3.72. The van der Waals surface area contributed by atoms with E-state index in [4.69, 9.17) is 23.7 Å². The van der Waals surface area contributed by atoms with Gasteiger partial charge in [-0.2, -0.15) is 0 Å². The molecule has 0 aliphatic carbocycles. The van der Waals surface area contributed by atoms with Crippen molar-refractivity contribution >= 4 is 23.1 Å². The van der Waals surface area contributed by atoms with E-state index in [9.17, 15) is 4.79 Å². The molecule has 0 saturated carbocycles. The van der Waals surface area contributed by atoms with Crippen molar-refractivity contribution in [3.05, 3.63) is 29.6 Å². The van der Waals surface area contributed by atoms with Crippen molar-refractivity contribution in [2.24, 2.45) is 17.4 Å². The molecule has 1 aromatic rings. The SMILES string of the molecule is NC(=O)CC1CCN(Cc2cccnc2C(N)=S)CC1. The molecular formula is C14H20N4OS. The first-order valence-electron chi connectivity index (χ1n) is 6.80.